The Hall–Kier alpha value is -2.18. The molecule has 1 aliphatic heterocycles. The number of benzene rings is 1. The van der Waals surface area contributed by atoms with E-state index in [9.17, 15) is 0 Å². The van der Waals surface area contributed by atoms with E-state index in [2.05, 4.69) is 44.4 Å². The van der Waals surface area contributed by atoms with Crippen LogP contribution in [0.4, 0.5) is 0 Å². The zero-order valence-electron chi connectivity index (χ0n) is 14.9. The summed E-state index contributed by atoms with van der Waals surface area (Å²) in [7, 11) is 0. The second-order valence-corrected chi connectivity index (χ2v) is 6.76. The van der Waals surface area contributed by atoms with Crippen molar-refractivity contribution in [2.45, 2.75) is 39.5 Å². The summed E-state index contributed by atoms with van der Waals surface area (Å²) < 4.78 is 8.09. The molecule has 0 aliphatic carbocycles. The average molecular weight is 339 g/mol. The molecule has 3 aromatic rings. The van der Waals surface area contributed by atoms with Crippen LogP contribution in [-0.4, -0.2) is 50.0 Å². The highest BCUT2D eigenvalue weighted by atomic mass is 16.3. The predicted octanol–water partition coefficient (Wildman–Crippen LogP) is 2.75. The van der Waals surface area contributed by atoms with Gasteiger partial charge in [0.25, 0.3) is 0 Å². The number of hydrogen-bond acceptors (Lipinski definition) is 5. The Balaban J connectivity index is 1.37. The molecule has 6 nitrogen and oxygen atoms in total. The molecular formula is C19H25N5O. The molecule has 132 valence electrons. The summed E-state index contributed by atoms with van der Waals surface area (Å²) in [6.45, 7) is 10.2. The lowest BCUT2D eigenvalue weighted by molar-refractivity contribution is 0.0659. The average Bonchev–Trinajstić information content (AvgIpc) is 3.22. The molecule has 0 N–H and O–H groups in total. The van der Waals surface area contributed by atoms with Gasteiger partial charge in [-0.1, -0.05) is 12.1 Å². The minimum Gasteiger partial charge on any atom is -0.439 e. The number of rotatable bonds is 5. The molecule has 0 amide bonds. The van der Waals surface area contributed by atoms with Gasteiger partial charge in [0.1, 0.15) is 11.3 Å². The van der Waals surface area contributed by atoms with Crippen molar-refractivity contribution in [2.24, 2.45) is 0 Å². The van der Waals surface area contributed by atoms with Gasteiger partial charge in [-0.25, -0.2) is 9.97 Å². The molecule has 1 aromatic carbocycles. The van der Waals surface area contributed by atoms with Gasteiger partial charge in [0, 0.05) is 44.6 Å². The van der Waals surface area contributed by atoms with E-state index in [-0.39, 0.29) is 0 Å². The van der Waals surface area contributed by atoms with Gasteiger partial charge in [-0.15, -0.1) is 0 Å². The molecule has 2 aromatic heterocycles. The van der Waals surface area contributed by atoms with E-state index in [1.165, 1.54) is 0 Å². The van der Waals surface area contributed by atoms with E-state index in [0.717, 1.165) is 62.1 Å². The van der Waals surface area contributed by atoms with Crippen LogP contribution in [0.1, 0.15) is 25.6 Å². The summed E-state index contributed by atoms with van der Waals surface area (Å²) in [5.41, 5.74) is 1.81. The second-order valence-electron chi connectivity index (χ2n) is 6.76. The molecule has 1 aliphatic rings. The molecule has 6 heteroatoms. The molecule has 0 saturated carbocycles. The molecule has 0 unspecified atom stereocenters. The molecule has 0 bridgehead atoms. The van der Waals surface area contributed by atoms with Crippen molar-refractivity contribution in [1.29, 1.82) is 0 Å². The monoisotopic (exact) mass is 339 g/mol. The first kappa shape index (κ1) is 16.3. The largest absolute Gasteiger partial charge is 0.439 e. The molecule has 1 atom stereocenters. The van der Waals surface area contributed by atoms with Crippen LogP contribution in [-0.2, 0) is 19.6 Å². The van der Waals surface area contributed by atoms with Gasteiger partial charge in [-0.05, 0) is 26.0 Å². The van der Waals surface area contributed by atoms with Crippen LogP contribution in [0.3, 0.4) is 0 Å². The lowest BCUT2D eigenvalue weighted by Crippen LogP contribution is -2.51. The van der Waals surface area contributed by atoms with Crippen molar-refractivity contribution >= 4 is 11.1 Å². The first-order valence-electron chi connectivity index (χ1n) is 9.04. The number of aromatic nitrogens is 3. The first-order chi connectivity index (χ1) is 12.2. The van der Waals surface area contributed by atoms with Crippen LogP contribution in [0.2, 0.25) is 0 Å². The first-order valence-corrected chi connectivity index (χ1v) is 9.04. The number of imidazole rings is 1. The Morgan fingerprint density at radius 2 is 2.08 bits per heavy atom. The van der Waals surface area contributed by atoms with Crippen LogP contribution in [0.5, 0.6) is 0 Å². The number of piperazine rings is 1. The summed E-state index contributed by atoms with van der Waals surface area (Å²) in [6.07, 6.45) is 3.95. The van der Waals surface area contributed by atoms with Crippen LogP contribution >= 0.6 is 0 Å². The molecule has 4 rings (SSSR count). The molecule has 0 spiro atoms. The van der Waals surface area contributed by atoms with E-state index in [0.29, 0.717) is 6.04 Å². The number of aryl methyl sites for hydroxylation is 1. The van der Waals surface area contributed by atoms with E-state index < -0.39 is 0 Å². The highest BCUT2D eigenvalue weighted by Crippen LogP contribution is 2.19. The summed E-state index contributed by atoms with van der Waals surface area (Å²) in [5.74, 6) is 1.96. The standard InChI is InChI=1S/C19H25N5O/c1-3-23-9-8-20-18(23)13-24-11-10-22(12-15(24)2)14-19-21-16-6-4-5-7-17(16)25-19/h4-9,15H,3,10-14H2,1-2H3/t15-/m0/s1. The van der Waals surface area contributed by atoms with Crippen molar-refractivity contribution < 1.29 is 4.42 Å². The smallest absolute Gasteiger partial charge is 0.209 e. The number of hydrogen-bond donors (Lipinski definition) is 0. The third-order valence-corrected chi connectivity index (χ3v) is 5.03. The zero-order chi connectivity index (χ0) is 17.2. The highest BCUT2D eigenvalue weighted by Gasteiger charge is 2.25. The Morgan fingerprint density at radius 1 is 1.20 bits per heavy atom. The fourth-order valence-corrected chi connectivity index (χ4v) is 3.59. The summed E-state index contributed by atoms with van der Waals surface area (Å²) in [4.78, 5) is 14.0. The normalized spacial score (nSPS) is 19.7. The van der Waals surface area contributed by atoms with Crippen LogP contribution in [0, 0.1) is 0 Å². The van der Waals surface area contributed by atoms with Crippen molar-refractivity contribution in [3.8, 4) is 0 Å². The van der Waals surface area contributed by atoms with Gasteiger partial charge in [-0.2, -0.15) is 0 Å². The lowest BCUT2D eigenvalue weighted by Gasteiger charge is -2.39. The lowest BCUT2D eigenvalue weighted by atomic mass is 10.2. The highest BCUT2D eigenvalue weighted by molar-refractivity contribution is 5.72. The topological polar surface area (TPSA) is 50.3 Å². The van der Waals surface area contributed by atoms with Gasteiger partial charge in [0.15, 0.2) is 5.58 Å². The number of fused-ring (bicyclic) bond motifs is 1. The second kappa shape index (κ2) is 6.98. The van der Waals surface area contributed by atoms with E-state index in [4.69, 9.17) is 4.42 Å². The fourth-order valence-electron chi connectivity index (χ4n) is 3.59. The van der Waals surface area contributed by atoms with Gasteiger partial charge in [0.05, 0.1) is 13.1 Å². The molecule has 3 heterocycles. The molecular weight excluding hydrogens is 314 g/mol. The molecule has 25 heavy (non-hydrogen) atoms. The molecule has 1 saturated heterocycles. The minimum atomic E-state index is 0.486. The van der Waals surface area contributed by atoms with Crippen LogP contribution in [0.25, 0.3) is 11.1 Å². The zero-order valence-corrected chi connectivity index (χ0v) is 14.9. The predicted molar refractivity (Wildman–Crippen MR) is 97.1 cm³/mol. The SMILES string of the molecule is CCn1ccnc1CN1CCN(Cc2nc3ccccc3o2)C[C@@H]1C. The van der Waals surface area contributed by atoms with Crippen molar-refractivity contribution in [3.63, 3.8) is 0 Å². The minimum absolute atomic E-state index is 0.486. The third-order valence-electron chi connectivity index (χ3n) is 5.03. The van der Waals surface area contributed by atoms with Crippen molar-refractivity contribution in [2.75, 3.05) is 19.6 Å². The van der Waals surface area contributed by atoms with Gasteiger partial charge < -0.3 is 8.98 Å². The van der Waals surface area contributed by atoms with Gasteiger partial charge in [-0.3, -0.25) is 9.80 Å². The molecule has 0 radical (unpaired) electrons. The Morgan fingerprint density at radius 3 is 2.88 bits per heavy atom. The Bertz CT molecular complexity index is 806. The van der Waals surface area contributed by atoms with Crippen molar-refractivity contribution in [3.05, 3.63) is 48.4 Å². The summed E-state index contributed by atoms with van der Waals surface area (Å²) >= 11 is 0. The van der Waals surface area contributed by atoms with E-state index >= 15 is 0 Å². The maximum atomic E-state index is 5.87. The summed E-state index contributed by atoms with van der Waals surface area (Å²) in [6, 6.07) is 8.44. The number of nitrogens with zero attached hydrogens (tertiary/aromatic N) is 5. The number of oxazole rings is 1. The summed E-state index contributed by atoms with van der Waals surface area (Å²) in [5, 5.41) is 0. The van der Waals surface area contributed by atoms with Crippen molar-refractivity contribution in [1.82, 2.24) is 24.3 Å². The maximum Gasteiger partial charge on any atom is 0.209 e. The van der Waals surface area contributed by atoms with E-state index in [1.54, 1.807) is 0 Å². The Labute approximate surface area is 148 Å². The molecule has 1 fully saturated rings. The van der Waals surface area contributed by atoms with E-state index in [1.807, 2.05) is 30.5 Å². The maximum absolute atomic E-state index is 5.87. The quantitative estimate of drug-likeness (QED) is 0.715. The fraction of sp³-hybridized carbons (Fsp3) is 0.474. The Kier molecular flexibility index (Phi) is 4.55. The van der Waals surface area contributed by atoms with Crippen LogP contribution < -0.4 is 0 Å². The van der Waals surface area contributed by atoms with Gasteiger partial charge >= 0.3 is 0 Å². The third kappa shape index (κ3) is 3.45. The number of para-hydroxylation sites is 2. The van der Waals surface area contributed by atoms with Gasteiger partial charge in [0.2, 0.25) is 5.89 Å². The van der Waals surface area contributed by atoms with Crippen LogP contribution in [0.15, 0.2) is 41.1 Å².